The number of ether oxygens (including phenoxy) is 1. The Morgan fingerprint density at radius 3 is 1.77 bits per heavy atom. The Balaban J connectivity index is 1.70. The van der Waals surface area contributed by atoms with E-state index in [4.69, 9.17) is 14.3 Å². The molecule has 0 N–H and O–H groups in total. The minimum absolute atomic E-state index is 0.0529. The molecule has 0 spiro atoms. The Hall–Kier alpha value is -2.48. The molecule has 0 aliphatic carbocycles. The summed E-state index contributed by atoms with van der Waals surface area (Å²) in [6.45, 7) is 8.78. The summed E-state index contributed by atoms with van der Waals surface area (Å²) in [6.07, 6.45) is -0.155. The highest BCUT2D eigenvalue weighted by Gasteiger charge is 2.43. The van der Waals surface area contributed by atoms with E-state index in [2.05, 4.69) is 76.2 Å². The molecule has 1 heterocycles. The summed E-state index contributed by atoms with van der Waals surface area (Å²) in [5.74, 6) is 0.708. The lowest BCUT2D eigenvalue weighted by atomic mass is 9.83. The molecule has 0 fully saturated rings. The largest absolute Gasteiger partial charge is 0.472 e. The Labute approximate surface area is 187 Å². The third-order valence-corrected chi connectivity index (χ3v) is 7.40. The van der Waals surface area contributed by atoms with Gasteiger partial charge in [0.15, 0.2) is 0 Å². The Kier molecular flexibility index (Phi) is 6.55. The standard InChI is InChI=1S/C27H30NO2P/c1-20-24(28-26(29-20)21-14-8-5-9-15-21)25(27(2,3)4)30-31(22-16-10-6-11-17-22)23-18-12-7-13-19-23/h5-20,24-25H,1-4H3/t20-,24-,25-/m0/s1. The van der Waals surface area contributed by atoms with Crippen molar-refractivity contribution in [2.45, 2.75) is 45.9 Å². The lowest BCUT2D eigenvalue weighted by Crippen LogP contribution is -2.43. The van der Waals surface area contributed by atoms with Gasteiger partial charge in [-0.15, -0.1) is 0 Å². The normalized spacial score (nSPS) is 19.7. The fraction of sp³-hybridized carbons (Fsp3) is 0.296. The molecule has 0 bridgehead atoms. The second-order valence-corrected chi connectivity index (χ2v) is 10.8. The number of rotatable bonds is 6. The van der Waals surface area contributed by atoms with Gasteiger partial charge in [-0.1, -0.05) is 99.6 Å². The molecule has 1 aliphatic heterocycles. The van der Waals surface area contributed by atoms with Crippen LogP contribution in [0.5, 0.6) is 0 Å². The molecule has 3 atom stereocenters. The van der Waals surface area contributed by atoms with Gasteiger partial charge in [0.1, 0.15) is 12.1 Å². The average Bonchev–Trinajstić information content (AvgIpc) is 3.16. The molecule has 0 aromatic heterocycles. The third-order valence-electron chi connectivity index (χ3n) is 5.43. The van der Waals surface area contributed by atoms with Crippen LogP contribution in [0.2, 0.25) is 0 Å². The second kappa shape index (κ2) is 9.34. The van der Waals surface area contributed by atoms with E-state index in [0.717, 1.165) is 5.56 Å². The fourth-order valence-corrected chi connectivity index (χ4v) is 5.89. The van der Waals surface area contributed by atoms with E-state index in [1.54, 1.807) is 0 Å². The Morgan fingerprint density at radius 2 is 1.29 bits per heavy atom. The highest BCUT2D eigenvalue weighted by Crippen LogP contribution is 2.43. The summed E-state index contributed by atoms with van der Waals surface area (Å²) in [5, 5.41) is 2.41. The summed E-state index contributed by atoms with van der Waals surface area (Å²) in [5.41, 5.74) is 0.903. The monoisotopic (exact) mass is 431 g/mol. The third kappa shape index (κ3) is 5.06. The zero-order valence-electron chi connectivity index (χ0n) is 18.6. The minimum Gasteiger partial charge on any atom is -0.472 e. The van der Waals surface area contributed by atoms with Gasteiger partial charge in [0.05, 0.1) is 14.3 Å². The molecule has 3 aromatic rings. The van der Waals surface area contributed by atoms with Crippen molar-refractivity contribution in [3.8, 4) is 0 Å². The summed E-state index contributed by atoms with van der Waals surface area (Å²) < 4.78 is 13.2. The number of hydrogen-bond acceptors (Lipinski definition) is 3. The predicted octanol–water partition coefficient (Wildman–Crippen LogP) is 5.70. The van der Waals surface area contributed by atoms with Crippen LogP contribution in [-0.4, -0.2) is 24.1 Å². The van der Waals surface area contributed by atoms with Gasteiger partial charge in [-0.25, -0.2) is 4.99 Å². The van der Waals surface area contributed by atoms with Crippen molar-refractivity contribution in [2.75, 3.05) is 0 Å². The van der Waals surface area contributed by atoms with E-state index < -0.39 is 8.15 Å². The van der Waals surface area contributed by atoms with Crippen molar-refractivity contribution in [2.24, 2.45) is 10.4 Å². The minimum atomic E-state index is -0.983. The van der Waals surface area contributed by atoms with Crippen LogP contribution in [-0.2, 0) is 9.26 Å². The molecule has 3 aromatic carbocycles. The van der Waals surface area contributed by atoms with E-state index in [9.17, 15) is 0 Å². The zero-order valence-corrected chi connectivity index (χ0v) is 19.5. The van der Waals surface area contributed by atoms with Crippen molar-refractivity contribution in [3.63, 3.8) is 0 Å². The molecule has 0 saturated heterocycles. The van der Waals surface area contributed by atoms with Crippen LogP contribution in [0.25, 0.3) is 0 Å². The van der Waals surface area contributed by atoms with Gasteiger partial charge < -0.3 is 9.26 Å². The molecular weight excluding hydrogens is 401 g/mol. The molecule has 0 amide bonds. The number of benzene rings is 3. The molecule has 0 radical (unpaired) electrons. The zero-order chi connectivity index (χ0) is 21.8. The molecule has 3 nitrogen and oxygen atoms in total. The van der Waals surface area contributed by atoms with Gasteiger partial charge in [0, 0.05) is 16.2 Å². The highest BCUT2D eigenvalue weighted by molar-refractivity contribution is 7.68. The Morgan fingerprint density at radius 1 is 0.806 bits per heavy atom. The van der Waals surface area contributed by atoms with E-state index in [1.807, 2.05) is 42.5 Å². The van der Waals surface area contributed by atoms with Crippen LogP contribution >= 0.6 is 8.15 Å². The van der Waals surface area contributed by atoms with Crippen molar-refractivity contribution < 1.29 is 9.26 Å². The SMILES string of the molecule is C[C@@H]1OC(c2ccccc2)=N[C@@H]1[C@H](OP(c1ccccc1)c1ccccc1)C(C)(C)C. The molecule has 4 heteroatoms. The lowest BCUT2D eigenvalue weighted by Gasteiger charge is -2.37. The van der Waals surface area contributed by atoms with Gasteiger partial charge in [-0.3, -0.25) is 0 Å². The van der Waals surface area contributed by atoms with Crippen LogP contribution in [0.1, 0.15) is 33.3 Å². The molecule has 160 valence electrons. The molecular formula is C27H30NO2P. The van der Waals surface area contributed by atoms with Crippen LogP contribution in [0.4, 0.5) is 0 Å². The first-order chi connectivity index (χ1) is 14.9. The number of hydrogen-bond donors (Lipinski definition) is 0. The van der Waals surface area contributed by atoms with Gasteiger partial charge in [-0.2, -0.15) is 0 Å². The molecule has 31 heavy (non-hydrogen) atoms. The first-order valence-corrected chi connectivity index (χ1v) is 12.1. The maximum absolute atomic E-state index is 7.00. The summed E-state index contributed by atoms with van der Waals surface area (Å²) in [4.78, 5) is 5.03. The van der Waals surface area contributed by atoms with Gasteiger partial charge in [0.2, 0.25) is 5.90 Å². The predicted molar refractivity (Wildman–Crippen MR) is 131 cm³/mol. The van der Waals surface area contributed by atoms with Crippen LogP contribution in [0.3, 0.4) is 0 Å². The summed E-state index contributed by atoms with van der Waals surface area (Å²) >= 11 is 0. The Bertz CT molecular complexity index is 960. The quantitative estimate of drug-likeness (QED) is 0.469. The van der Waals surface area contributed by atoms with Crippen LogP contribution < -0.4 is 10.6 Å². The second-order valence-electron chi connectivity index (χ2n) is 8.97. The molecule has 4 rings (SSSR count). The molecule has 0 saturated carbocycles. The van der Waals surface area contributed by atoms with Crippen LogP contribution in [0, 0.1) is 5.41 Å². The smallest absolute Gasteiger partial charge is 0.216 e. The average molecular weight is 432 g/mol. The molecule has 1 aliphatic rings. The van der Waals surface area contributed by atoms with Gasteiger partial charge in [-0.05, 0) is 24.5 Å². The van der Waals surface area contributed by atoms with Crippen molar-refractivity contribution in [1.82, 2.24) is 0 Å². The van der Waals surface area contributed by atoms with Crippen molar-refractivity contribution in [3.05, 3.63) is 96.6 Å². The van der Waals surface area contributed by atoms with E-state index in [0.29, 0.717) is 5.90 Å². The highest BCUT2D eigenvalue weighted by atomic mass is 31.1. The first kappa shape index (κ1) is 21.7. The van der Waals surface area contributed by atoms with E-state index >= 15 is 0 Å². The number of nitrogens with zero attached hydrogens (tertiary/aromatic N) is 1. The van der Waals surface area contributed by atoms with Gasteiger partial charge >= 0.3 is 0 Å². The molecule has 0 unspecified atom stereocenters. The van der Waals surface area contributed by atoms with Crippen molar-refractivity contribution in [1.29, 1.82) is 0 Å². The summed E-state index contributed by atoms with van der Waals surface area (Å²) in [7, 11) is -0.983. The van der Waals surface area contributed by atoms with Crippen LogP contribution in [0.15, 0.2) is 96.0 Å². The van der Waals surface area contributed by atoms with E-state index in [1.165, 1.54) is 10.6 Å². The van der Waals surface area contributed by atoms with Crippen molar-refractivity contribution >= 4 is 24.7 Å². The van der Waals surface area contributed by atoms with Gasteiger partial charge in [0.25, 0.3) is 0 Å². The van der Waals surface area contributed by atoms with E-state index in [-0.39, 0.29) is 23.7 Å². The first-order valence-electron chi connectivity index (χ1n) is 10.8. The maximum Gasteiger partial charge on any atom is 0.216 e. The maximum atomic E-state index is 7.00. The summed E-state index contributed by atoms with van der Waals surface area (Å²) in [6, 6.07) is 31.1. The fourth-order valence-electron chi connectivity index (χ4n) is 3.80. The lowest BCUT2D eigenvalue weighted by molar-refractivity contribution is 0.0462. The number of aliphatic imine (C=N–C) groups is 1. The topological polar surface area (TPSA) is 30.8 Å².